The number of aromatic nitrogens is 2. The second-order valence-electron chi connectivity index (χ2n) is 3.28. The van der Waals surface area contributed by atoms with E-state index in [1.807, 2.05) is 5.32 Å². The van der Waals surface area contributed by atoms with Gasteiger partial charge < -0.3 is 14.9 Å². The number of urea groups is 1. The zero-order chi connectivity index (χ0) is 13.4. The molecule has 0 saturated heterocycles. The van der Waals surface area contributed by atoms with Crippen molar-refractivity contribution in [1.29, 1.82) is 0 Å². The molecule has 3 N–H and O–H groups in total. The molecule has 0 spiro atoms. The summed E-state index contributed by atoms with van der Waals surface area (Å²) >= 11 is 0. The van der Waals surface area contributed by atoms with Gasteiger partial charge in [0, 0.05) is 19.4 Å². The summed E-state index contributed by atoms with van der Waals surface area (Å²) in [7, 11) is 0. The lowest BCUT2D eigenvalue weighted by Crippen LogP contribution is -2.40. The van der Waals surface area contributed by atoms with Gasteiger partial charge in [0.2, 0.25) is 11.8 Å². The highest BCUT2D eigenvalue weighted by Gasteiger charge is 2.09. The molecular weight excluding hydrogens is 244 g/mol. The van der Waals surface area contributed by atoms with Crippen LogP contribution in [-0.4, -0.2) is 39.7 Å². The minimum absolute atomic E-state index is 0.222. The summed E-state index contributed by atoms with van der Waals surface area (Å²) in [6.07, 6.45) is 1.02. The number of hydrogen-bond acceptors (Lipinski definition) is 6. The van der Waals surface area contributed by atoms with Crippen molar-refractivity contribution in [2.45, 2.75) is 19.3 Å². The Morgan fingerprint density at radius 3 is 2.72 bits per heavy atom. The van der Waals surface area contributed by atoms with Crippen molar-refractivity contribution in [1.82, 2.24) is 20.8 Å². The Hall–Kier alpha value is -2.45. The average Bonchev–Trinajstić information content (AvgIpc) is 2.79. The molecular formula is C9H12N4O5. The molecule has 0 aliphatic heterocycles. The second kappa shape index (κ2) is 6.99. The number of hydrogen-bond donors (Lipinski definition) is 3. The standard InChI is InChI=1S/C9H12N4O5/c14-6(1-2-8(15)16)13-9(17)10-4-3-7-11-5-12-18-7/h5H,1-4H2,(H,15,16)(H2,10,13,14,17). The Kier molecular flexibility index (Phi) is 5.29. The number of imide groups is 1. The van der Waals surface area contributed by atoms with E-state index in [0.29, 0.717) is 12.3 Å². The van der Waals surface area contributed by atoms with Gasteiger partial charge in [-0.25, -0.2) is 4.79 Å². The van der Waals surface area contributed by atoms with Crippen LogP contribution in [0.4, 0.5) is 4.79 Å². The minimum Gasteiger partial charge on any atom is -0.481 e. The van der Waals surface area contributed by atoms with Crippen LogP contribution in [-0.2, 0) is 16.0 Å². The normalized spacial score (nSPS) is 9.78. The fraction of sp³-hybridized carbons (Fsp3) is 0.444. The van der Waals surface area contributed by atoms with Gasteiger partial charge in [-0.3, -0.25) is 14.9 Å². The molecule has 98 valence electrons. The maximum Gasteiger partial charge on any atom is 0.321 e. The molecule has 1 heterocycles. The third-order valence-corrected chi connectivity index (χ3v) is 1.85. The van der Waals surface area contributed by atoms with Crippen LogP contribution in [0.15, 0.2) is 10.9 Å². The fourth-order valence-electron chi connectivity index (χ4n) is 1.04. The van der Waals surface area contributed by atoms with E-state index in [0.717, 1.165) is 0 Å². The van der Waals surface area contributed by atoms with E-state index in [-0.39, 0.29) is 19.4 Å². The maximum atomic E-state index is 11.2. The molecule has 0 fully saturated rings. The highest BCUT2D eigenvalue weighted by atomic mass is 16.5. The van der Waals surface area contributed by atoms with E-state index < -0.39 is 17.9 Å². The number of carbonyl (C=O) groups is 3. The van der Waals surface area contributed by atoms with Crippen LogP contribution < -0.4 is 10.6 Å². The van der Waals surface area contributed by atoms with E-state index >= 15 is 0 Å². The van der Waals surface area contributed by atoms with Crippen molar-refractivity contribution in [3.63, 3.8) is 0 Å². The number of carboxylic acids is 1. The molecule has 1 rings (SSSR count). The highest BCUT2D eigenvalue weighted by Crippen LogP contribution is 1.91. The molecule has 0 radical (unpaired) electrons. The zero-order valence-corrected chi connectivity index (χ0v) is 9.38. The molecule has 0 unspecified atom stereocenters. The predicted octanol–water partition coefficient (Wildman–Crippen LogP) is -0.697. The van der Waals surface area contributed by atoms with Gasteiger partial charge in [0.25, 0.3) is 0 Å². The number of nitrogens with one attached hydrogen (secondary N) is 2. The summed E-state index contributed by atoms with van der Waals surface area (Å²) in [5.74, 6) is -1.37. The SMILES string of the molecule is O=C(O)CCC(=O)NC(=O)NCCc1ncno1. The van der Waals surface area contributed by atoms with Gasteiger partial charge in [0.05, 0.1) is 6.42 Å². The Morgan fingerprint density at radius 1 is 1.33 bits per heavy atom. The first kappa shape index (κ1) is 13.6. The molecule has 1 aromatic rings. The molecule has 9 heteroatoms. The molecule has 3 amide bonds. The number of amides is 3. The summed E-state index contributed by atoms with van der Waals surface area (Å²) < 4.78 is 4.70. The Bertz CT molecular complexity index is 417. The smallest absolute Gasteiger partial charge is 0.321 e. The van der Waals surface area contributed by atoms with Gasteiger partial charge >= 0.3 is 12.0 Å². The Balaban J connectivity index is 2.13. The molecule has 0 bridgehead atoms. The number of carboxylic acid groups (broad SMARTS) is 1. The van der Waals surface area contributed by atoms with E-state index in [9.17, 15) is 14.4 Å². The van der Waals surface area contributed by atoms with Crippen LogP contribution in [0.5, 0.6) is 0 Å². The first-order chi connectivity index (χ1) is 8.58. The molecule has 1 aromatic heterocycles. The number of nitrogens with zero attached hydrogens (tertiary/aromatic N) is 2. The quantitative estimate of drug-likeness (QED) is 0.612. The fourth-order valence-corrected chi connectivity index (χ4v) is 1.04. The summed E-state index contributed by atoms with van der Waals surface area (Å²) in [5, 5.41) is 16.1. The third kappa shape index (κ3) is 5.58. The number of rotatable bonds is 6. The van der Waals surface area contributed by atoms with Crippen molar-refractivity contribution in [2.24, 2.45) is 0 Å². The van der Waals surface area contributed by atoms with Crippen LogP contribution in [0.25, 0.3) is 0 Å². The zero-order valence-electron chi connectivity index (χ0n) is 9.38. The van der Waals surface area contributed by atoms with Gasteiger partial charge in [0.1, 0.15) is 0 Å². The van der Waals surface area contributed by atoms with Gasteiger partial charge in [0.15, 0.2) is 6.33 Å². The van der Waals surface area contributed by atoms with Crippen LogP contribution in [0.3, 0.4) is 0 Å². The van der Waals surface area contributed by atoms with Crippen molar-refractivity contribution in [2.75, 3.05) is 6.54 Å². The van der Waals surface area contributed by atoms with E-state index in [1.54, 1.807) is 0 Å². The average molecular weight is 256 g/mol. The Morgan fingerprint density at radius 2 is 2.11 bits per heavy atom. The number of aliphatic carboxylic acids is 1. The lowest BCUT2D eigenvalue weighted by atomic mass is 10.3. The van der Waals surface area contributed by atoms with Crippen LogP contribution >= 0.6 is 0 Å². The molecule has 0 saturated carbocycles. The molecule has 0 atom stereocenters. The molecule has 0 aliphatic rings. The Labute approximate surface area is 102 Å². The molecule has 0 aliphatic carbocycles. The van der Waals surface area contributed by atoms with Crippen LogP contribution in [0, 0.1) is 0 Å². The summed E-state index contributed by atoms with van der Waals surface area (Å²) in [4.78, 5) is 36.2. The number of carbonyl (C=O) groups excluding carboxylic acids is 2. The highest BCUT2D eigenvalue weighted by molar-refractivity contribution is 5.95. The van der Waals surface area contributed by atoms with Gasteiger partial charge in [-0.15, -0.1) is 0 Å². The summed E-state index contributed by atoms with van der Waals surface area (Å²) in [6, 6.07) is -0.690. The molecule has 9 nitrogen and oxygen atoms in total. The maximum absolute atomic E-state index is 11.2. The van der Waals surface area contributed by atoms with Crippen molar-refractivity contribution >= 4 is 17.9 Å². The van der Waals surface area contributed by atoms with Crippen LogP contribution in [0.1, 0.15) is 18.7 Å². The molecule has 18 heavy (non-hydrogen) atoms. The van der Waals surface area contributed by atoms with Crippen molar-refractivity contribution in [3.05, 3.63) is 12.2 Å². The largest absolute Gasteiger partial charge is 0.481 e. The first-order valence-corrected chi connectivity index (χ1v) is 5.13. The molecule has 0 aromatic carbocycles. The van der Waals surface area contributed by atoms with Crippen molar-refractivity contribution < 1.29 is 24.0 Å². The monoisotopic (exact) mass is 256 g/mol. The van der Waals surface area contributed by atoms with E-state index in [2.05, 4.69) is 15.5 Å². The van der Waals surface area contributed by atoms with E-state index in [4.69, 9.17) is 9.63 Å². The van der Waals surface area contributed by atoms with Gasteiger partial charge in [-0.05, 0) is 0 Å². The summed E-state index contributed by atoms with van der Waals surface area (Å²) in [5.41, 5.74) is 0. The lowest BCUT2D eigenvalue weighted by Gasteiger charge is -2.04. The van der Waals surface area contributed by atoms with E-state index in [1.165, 1.54) is 6.33 Å². The lowest BCUT2D eigenvalue weighted by molar-refractivity contribution is -0.138. The summed E-state index contributed by atoms with van der Waals surface area (Å²) in [6.45, 7) is 0.222. The van der Waals surface area contributed by atoms with Crippen molar-refractivity contribution in [3.8, 4) is 0 Å². The first-order valence-electron chi connectivity index (χ1n) is 5.13. The van der Waals surface area contributed by atoms with Crippen LogP contribution in [0.2, 0.25) is 0 Å². The predicted molar refractivity (Wildman–Crippen MR) is 56.4 cm³/mol. The third-order valence-electron chi connectivity index (χ3n) is 1.85. The van der Waals surface area contributed by atoms with Gasteiger partial charge in [-0.2, -0.15) is 4.98 Å². The minimum atomic E-state index is -1.10. The topological polar surface area (TPSA) is 134 Å². The second-order valence-corrected chi connectivity index (χ2v) is 3.28. The van der Waals surface area contributed by atoms with Gasteiger partial charge in [-0.1, -0.05) is 5.16 Å².